The highest BCUT2D eigenvalue weighted by molar-refractivity contribution is 5.85. The standard InChI is InChI=1S/C9H21N3O3/c1-3-7(8(10)12-15)11-9(4-2,5-13)6-14/h7,11,13-15H,3-6H2,1-2H3,(H2,10,12). The Morgan fingerprint density at radius 3 is 2.20 bits per heavy atom. The minimum absolute atomic E-state index is 0.0530. The Morgan fingerprint density at radius 2 is 1.93 bits per heavy atom. The zero-order chi connectivity index (χ0) is 11.9. The van der Waals surface area contributed by atoms with Crippen molar-refractivity contribution < 1.29 is 15.4 Å². The predicted octanol–water partition coefficient (Wildman–Crippen LogP) is -0.766. The summed E-state index contributed by atoms with van der Waals surface area (Å²) in [5, 5.41) is 32.9. The van der Waals surface area contributed by atoms with E-state index in [-0.39, 0.29) is 25.1 Å². The van der Waals surface area contributed by atoms with Crippen LogP contribution in [-0.2, 0) is 0 Å². The van der Waals surface area contributed by atoms with Gasteiger partial charge < -0.3 is 21.2 Å². The summed E-state index contributed by atoms with van der Waals surface area (Å²) >= 11 is 0. The summed E-state index contributed by atoms with van der Waals surface area (Å²) in [6, 6.07) is -0.353. The van der Waals surface area contributed by atoms with Gasteiger partial charge >= 0.3 is 0 Å². The van der Waals surface area contributed by atoms with Crippen molar-refractivity contribution in [2.24, 2.45) is 10.9 Å². The molecule has 0 aromatic carbocycles. The van der Waals surface area contributed by atoms with Gasteiger partial charge in [0.15, 0.2) is 5.84 Å². The minimum Gasteiger partial charge on any atom is -0.409 e. The summed E-state index contributed by atoms with van der Waals surface area (Å²) in [4.78, 5) is 0. The van der Waals surface area contributed by atoms with Crippen LogP contribution in [-0.4, -0.2) is 46.1 Å². The summed E-state index contributed by atoms with van der Waals surface area (Å²) in [6.07, 6.45) is 1.16. The number of nitrogens with zero attached hydrogens (tertiary/aromatic N) is 1. The maximum Gasteiger partial charge on any atom is 0.156 e. The molecule has 0 saturated heterocycles. The van der Waals surface area contributed by atoms with Crippen molar-refractivity contribution in [3.8, 4) is 0 Å². The summed E-state index contributed by atoms with van der Waals surface area (Å²) in [5.74, 6) is 0.0530. The molecule has 0 fully saturated rings. The first-order chi connectivity index (χ1) is 7.09. The van der Waals surface area contributed by atoms with E-state index in [0.29, 0.717) is 12.8 Å². The molecule has 6 heteroatoms. The SMILES string of the molecule is CCC(NC(CC)(CO)CO)C(N)=NO. The van der Waals surface area contributed by atoms with Gasteiger partial charge in [-0.25, -0.2) is 0 Å². The van der Waals surface area contributed by atoms with Crippen molar-refractivity contribution in [2.75, 3.05) is 13.2 Å². The lowest BCUT2D eigenvalue weighted by Gasteiger charge is -2.33. The molecular formula is C9H21N3O3. The van der Waals surface area contributed by atoms with Gasteiger partial charge in [-0.15, -0.1) is 0 Å². The predicted molar refractivity (Wildman–Crippen MR) is 57.8 cm³/mol. The zero-order valence-electron chi connectivity index (χ0n) is 9.27. The summed E-state index contributed by atoms with van der Waals surface area (Å²) in [6.45, 7) is 3.31. The van der Waals surface area contributed by atoms with E-state index in [1.165, 1.54) is 0 Å². The second-order valence-corrected chi connectivity index (χ2v) is 3.58. The van der Waals surface area contributed by atoms with Crippen LogP contribution in [0.3, 0.4) is 0 Å². The Morgan fingerprint density at radius 1 is 1.40 bits per heavy atom. The molecule has 0 rings (SSSR count). The van der Waals surface area contributed by atoms with Crippen LogP contribution in [0.4, 0.5) is 0 Å². The molecule has 0 aromatic rings. The van der Waals surface area contributed by atoms with Crippen molar-refractivity contribution in [1.82, 2.24) is 5.32 Å². The Kier molecular flexibility index (Phi) is 6.23. The van der Waals surface area contributed by atoms with Crippen LogP contribution >= 0.6 is 0 Å². The molecule has 0 aromatic heterocycles. The number of rotatable bonds is 7. The van der Waals surface area contributed by atoms with Gasteiger partial charge in [-0.3, -0.25) is 5.32 Å². The average Bonchev–Trinajstić information content (AvgIpc) is 2.31. The first-order valence-electron chi connectivity index (χ1n) is 5.06. The van der Waals surface area contributed by atoms with Gasteiger partial charge in [0.1, 0.15) is 0 Å². The van der Waals surface area contributed by atoms with Crippen LogP contribution in [0.25, 0.3) is 0 Å². The number of nitrogens with two attached hydrogens (primary N) is 1. The lowest BCUT2D eigenvalue weighted by atomic mass is 9.96. The molecule has 1 atom stereocenters. The first-order valence-corrected chi connectivity index (χ1v) is 5.06. The fourth-order valence-corrected chi connectivity index (χ4v) is 1.29. The van der Waals surface area contributed by atoms with Gasteiger partial charge in [0.2, 0.25) is 0 Å². The zero-order valence-corrected chi connectivity index (χ0v) is 9.27. The third kappa shape index (κ3) is 3.65. The van der Waals surface area contributed by atoms with E-state index in [1.807, 2.05) is 13.8 Å². The molecule has 0 aliphatic heterocycles. The second-order valence-electron chi connectivity index (χ2n) is 3.58. The van der Waals surface area contributed by atoms with E-state index >= 15 is 0 Å². The van der Waals surface area contributed by atoms with Crippen molar-refractivity contribution in [1.29, 1.82) is 0 Å². The lowest BCUT2D eigenvalue weighted by Crippen LogP contribution is -2.58. The van der Waals surface area contributed by atoms with Crippen LogP contribution in [0, 0.1) is 0 Å². The van der Waals surface area contributed by atoms with Gasteiger partial charge in [0.05, 0.1) is 24.8 Å². The summed E-state index contributed by atoms with van der Waals surface area (Å²) in [5.41, 5.74) is 4.69. The molecule has 0 saturated carbocycles. The van der Waals surface area contributed by atoms with Crippen molar-refractivity contribution in [3.05, 3.63) is 0 Å². The molecule has 6 N–H and O–H groups in total. The third-order valence-electron chi connectivity index (χ3n) is 2.64. The molecule has 0 radical (unpaired) electrons. The maximum atomic E-state index is 9.21. The normalized spacial score (nSPS) is 15.3. The summed E-state index contributed by atoms with van der Waals surface area (Å²) < 4.78 is 0. The molecule has 0 amide bonds. The Balaban J connectivity index is 4.62. The van der Waals surface area contributed by atoms with Crippen LogP contribution < -0.4 is 11.1 Å². The van der Waals surface area contributed by atoms with E-state index in [4.69, 9.17) is 10.9 Å². The highest BCUT2D eigenvalue weighted by atomic mass is 16.4. The van der Waals surface area contributed by atoms with Crippen LogP contribution in [0.1, 0.15) is 26.7 Å². The van der Waals surface area contributed by atoms with E-state index < -0.39 is 5.54 Å². The molecule has 6 nitrogen and oxygen atoms in total. The monoisotopic (exact) mass is 219 g/mol. The van der Waals surface area contributed by atoms with Gasteiger partial charge in [-0.2, -0.15) is 0 Å². The van der Waals surface area contributed by atoms with Crippen molar-refractivity contribution >= 4 is 5.84 Å². The Hall–Kier alpha value is -0.850. The molecule has 1 unspecified atom stereocenters. The molecular weight excluding hydrogens is 198 g/mol. The molecule has 0 bridgehead atoms. The van der Waals surface area contributed by atoms with Gasteiger partial charge in [0.25, 0.3) is 0 Å². The lowest BCUT2D eigenvalue weighted by molar-refractivity contribution is 0.0829. The number of oxime groups is 1. The number of aliphatic hydroxyl groups is 2. The second kappa shape index (κ2) is 6.60. The molecule has 15 heavy (non-hydrogen) atoms. The third-order valence-corrected chi connectivity index (χ3v) is 2.64. The molecule has 0 aliphatic carbocycles. The number of aliphatic hydroxyl groups excluding tert-OH is 2. The van der Waals surface area contributed by atoms with Crippen molar-refractivity contribution in [2.45, 2.75) is 38.3 Å². The van der Waals surface area contributed by atoms with E-state index in [1.54, 1.807) is 0 Å². The molecule has 0 spiro atoms. The highest BCUT2D eigenvalue weighted by Crippen LogP contribution is 2.10. The largest absolute Gasteiger partial charge is 0.409 e. The Labute approximate surface area is 89.8 Å². The van der Waals surface area contributed by atoms with Gasteiger partial charge in [-0.05, 0) is 12.8 Å². The molecule has 0 aliphatic rings. The van der Waals surface area contributed by atoms with E-state index in [0.717, 1.165) is 0 Å². The van der Waals surface area contributed by atoms with Gasteiger partial charge in [0, 0.05) is 0 Å². The van der Waals surface area contributed by atoms with Crippen LogP contribution in [0.5, 0.6) is 0 Å². The number of amidine groups is 1. The Bertz CT molecular complexity index is 197. The quantitative estimate of drug-likeness (QED) is 0.167. The number of hydrogen-bond donors (Lipinski definition) is 5. The number of hydrogen-bond acceptors (Lipinski definition) is 5. The van der Waals surface area contributed by atoms with Crippen LogP contribution in [0.15, 0.2) is 5.16 Å². The first kappa shape index (κ1) is 14.2. The van der Waals surface area contributed by atoms with E-state index in [2.05, 4.69) is 10.5 Å². The maximum absolute atomic E-state index is 9.21. The summed E-state index contributed by atoms with van der Waals surface area (Å²) in [7, 11) is 0. The number of nitrogens with one attached hydrogen (secondary N) is 1. The highest BCUT2D eigenvalue weighted by Gasteiger charge is 2.30. The van der Waals surface area contributed by atoms with Gasteiger partial charge in [-0.1, -0.05) is 19.0 Å². The fraction of sp³-hybridized carbons (Fsp3) is 0.889. The van der Waals surface area contributed by atoms with E-state index in [9.17, 15) is 10.2 Å². The molecule has 90 valence electrons. The smallest absolute Gasteiger partial charge is 0.156 e. The fourth-order valence-electron chi connectivity index (χ4n) is 1.29. The van der Waals surface area contributed by atoms with Crippen molar-refractivity contribution in [3.63, 3.8) is 0 Å². The average molecular weight is 219 g/mol. The molecule has 0 heterocycles. The van der Waals surface area contributed by atoms with Crippen LogP contribution in [0.2, 0.25) is 0 Å². The minimum atomic E-state index is -0.782. The topological polar surface area (TPSA) is 111 Å².